The highest BCUT2D eigenvalue weighted by Gasteiger charge is 2.38. The Kier molecular flexibility index (Phi) is 3.11. The van der Waals surface area contributed by atoms with E-state index in [0.29, 0.717) is 5.92 Å². The lowest BCUT2D eigenvalue weighted by Gasteiger charge is -2.38. The summed E-state index contributed by atoms with van der Waals surface area (Å²) in [4.78, 5) is 1.03. The highest BCUT2D eigenvalue weighted by atomic mass is 35.5. The predicted octanol–water partition coefficient (Wildman–Crippen LogP) is 4.05. The molecule has 84 valence electrons. The zero-order chi connectivity index (χ0) is 11.1. The fraction of sp³-hybridized carbons (Fsp3) is 0.667. The molecule has 1 N–H and O–H groups in total. The summed E-state index contributed by atoms with van der Waals surface area (Å²) in [7, 11) is 0. The molecule has 3 unspecified atom stereocenters. The van der Waals surface area contributed by atoms with Crippen molar-refractivity contribution in [3.8, 4) is 0 Å². The fourth-order valence-corrected chi connectivity index (χ4v) is 3.55. The van der Waals surface area contributed by atoms with Crippen molar-refractivity contribution in [2.24, 2.45) is 11.8 Å². The molecular weight excluding hydrogens is 228 g/mol. The highest BCUT2D eigenvalue weighted by molar-refractivity contribution is 7.16. The largest absolute Gasteiger partial charge is 0.384 e. The van der Waals surface area contributed by atoms with Crippen molar-refractivity contribution in [2.45, 2.75) is 38.7 Å². The first-order chi connectivity index (χ1) is 7.01. The van der Waals surface area contributed by atoms with E-state index in [1.807, 2.05) is 12.1 Å². The van der Waals surface area contributed by atoms with Crippen LogP contribution in [0.1, 0.15) is 38.0 Å². The van der Waals surface area contributed by atoms with Crippen LogP contribution >= 0.6 is 22.9 Å². The minimum Gasteiger partial charge on any atom is -0.384 e. The van der Waals surface area contributed by atoms with E-state index in [1.54, 1.807) is 0 Å². The van der Waals surface area contributed by atoms with E-state index in [2.05, 4.69) is 13.8 Å². The zero-order valence-electron chi connectivity index (χ0n) is 9.16. The van der Waals surface area contributed by atoms with Crippen LogP contribution in [0.2, 0.25) is 4.34 Å². The number of hydrogen-bond donors (Lipinski definition) is 1. The Bertz CT molecular complexity index is 349. The van der Waals surface area contributed by atoms with Gasteiger partial charge in [-0.1, -0.05) is 25.4 Å². The topological polar surface area (TPSA) is 20.2 Å². The molecule has 1 heterocycles. The van der Waals surface area contributed by atoms with Crippen molar-refractivity contribution < 1.29 is 5.11 Å². The van der Waals surface area contributed by atoms with Crippen LogP contribution in [0.15, 0.2) is 12.1 Å². The Morgan fingerprint density at radius 3 is 2.67 bits per heavy atom. The van der Waals surface area contributed by atoms with Crippen molar-refractivity contribution in [1.29, 1.82) is 0 Å². The molecule has 2 rings (SSSR count). The number of thiophene rings is 1. The summed E-state index contributed by atoms with van der Waals surface area (Å²) < 4.78 is 0.768. The van der Waals surface area contributed by atoms with Gasteiger partial charge in [0.25, 0.3) is 0 Å². The standard InChI is InChI=1S/C12H17ClOS/c1-8-5-6-12(14,7-9(8)2)10-3-4-11(13)15-10/h3-4,8-9,14H,5-7H2,1-2H3. The first-order valence-corrected chi connectivity index (χ1v) is 6.69. The van der Waals surface area contributed by atoms with E-state index in [-0.39, 0.29) is 0 Å². The lowest BCUT2D eigenvalue weighted by Crippen LogP contribution is -2.34. The number of aliphatic hydroxyl groups is 1. The molecule has 1 nitrogen and oxygen atoms in total. The van der Waals surface area contributed by atoms with Crippen molar-refractivity contribution >= 4 is 22.9 Å². The minimum atomic E-state index is -0.621. The SMILES string of the molecule is CC1CCC(O)(c2ccc(Cl)s2)CC1C. The fourth-order valence-electron chi connectivity index (χ4n) is 2.38. The van der Waals surface area contributed by atoms with Crippen LogP contribution in [0, 0.1) is 11.8 Å². The average Bonchev–Trinajstić information content (AvgIpc) is 2.60. The van der Waals surface area contributed by atoms with Crippen LogP contribution in [0.3, 0.4) is 0 Å². The summed E-state index contributed by atoms with van der Waals surface area (Å²) in [6.45, 7) is 4.50. The van der Waals surface area contributed by atoms with Gasteiger partial charge < -0.3 is 5.11 Å². The maximum atomic E-state index is 10.6. The zero-order valence-corrected chi connectivity index (χ0v) is 10.7. The van der Waals surface area contributed by atoms with Crippen LogP contribution in [-0.2, 0) is 5.60 Å². The van der Waals surface area contributed by atoms with Crippen molar-refractivity contribution in [2.75, 3.05) is 0 Å². The molecule has 1 aromatic heterocycles. The normalized spacial score (nSPS) is 36.8. The van der Waals surface area contributed by atoms with Crippen LogP contribution in [0.25, 0.3) is 0 Å². The summed E-state index contributed by atoms with van der Waals surface area (Å²) in [6.07, 6.45) is 2.84. The Morgan fingerprint density at radius 2 is 2.13 bits per heavy atom. The second-order valence-electron chi connectivity index (χ2n) is 4.83. The van der Waals surface area contributed by atoms with E-state index in [1.165, 1.54) is 11.3 Å². The Hall–Kier alpha value is -0.0500. The van der Waals surface area contributed by atoms with Gasteiger partial charge >= 0.3 is 0 Å². The third-order valence-corrected chi connectivity index (χ3v) is 5.10. The average molecular weight is 245 g/mol. The van der Waals surface area contributed by atoms with Gasteiger partial charge in [0.05, 0.1) is 9.94 Å². The summed E-state index contributed by atoms with van der Waals surface area (Å²) in [5.41, 5.74) is -0.621. The maximum Gasteiger partial charge on any atom is 0.0991 e. The molecule has 1 aliphatic rings. The number of rotatable bonds is 1. The summed E-state index contributed by atoms with van der Waals surface area (Å²) in [5, 5.41) is 10.6. The van der Waals surface area contributed by atoms with Gasteiger partial charge in [0.2, 0.25) is 0 Å². The van der Waals surface area contributed by atoms with Crippen molar-refractivity contribution in [3.05, 3.63) is 21.3 Å². The molecular formula is C12H17ClOS. The van der Waals surface area contributed by atoms with Gasteiger partial charge in [0.15, 0.2) is 0 Å². The van der Waals surface area contributed by atoms with E-state index in [9.17, 15) is 5.11 Å². The summed E-state index contributed by atoms with van der Waals surface area (Å²) in [6, 6.07) is 3.85. The monoisotopic (exact) mass is 244 g/mol. The first-order valence-electron chi connectivity index (χ1n) is 5.49. The Labute approximate surface area is 100 Å². The third kappa shape index (κ3) is 2.22. The van der Waals surface area contributed by atoms with Gasteiger partial charge in [-0.25, -0.2) is 0 Å². The minimum absolute atomic E-state index is 0.588. The van der Waals surface area contributed by atoms with Crippen molar-refractivity contribution in [1.82, 2.24) is 0 Å². The van der Waals surface area contributed by atoms with Gasteiger partial charge in [-0.3, -0.25) is 0 Å². The Balaban J connectivity index is 2.20. The van der Waals surface area contributed by atoms with Crippen LogP contribution < -0.4 is 0 Å². The van der Waals surface area contributed by atoms with Crippen LogP contribution in [0.5, 0.6) is 0 Å². The molecule has 0 bridgehead atoms. The second-order valence-corrected chi connectivity index (χ2v) is 6.55. The van der Waals surface area contributed by atoms with E-state index < -0.39 is 5.60 Å². The third-order valence-electron chi connectivity index (χ3n) is 3.68. The van der Waals surface area contributed by atoms with Gasteiger partial charge in [-0.15, -0.1) is 11.3 Å². The Morgan fingerprint density at radius 1 is 1.40 bits per heavy atom. The molecule has 1 saturated carbocycles. The molecule has 0 aliphatic heterocycles. The molecule has 0 saturated heterocycles. The number of hydrogen-bond acceptors (Lipinski definition) is 2. The van der Waals surface area contributed by atoms with Crippen molar-refractivity contribution in [3.63, 3.8) is 0 Å². The number of halogens is 1. The van der Waals surface area contributed by atoms with Gasteiger partial charge in [-0.05, 0) is 43.2 Å². The first kappa shape index (κ1) is 11.4. The molecule has 0 amide bonds. The van der Waals surface area contributed by atoms with E-state index in [4.69, 9.17) is 11.6 Å². The van der Waals surface area contributed by atoms with Gasteiger partial charge in [-0.2, -0.15) is 0 Å². The summed E-state index contributed by atoms with van der Waals surface area (Å²) in [5.74, 6) is 1.31. The quantitative estimate of drug-likeness (QED) is 0.791. The molecule has 1 aliphatic carbocycles. The predicted molar refractivity (Wildman–Crippen MR) is 65.4 cm³/mol. The van der Waals surface area contributed by atoms with E-state index >= 15 is 0 Å². The smallest absolute Gasteiger partial charge is 0.0991 e. The molecule has 3 heteroatoms. The van der Waals surface area contributed by atoms with Crippen LogP contribution in [0.4, 0.5) is 0 Å². The molecule has 1 fully saturated rings. The lowest BCUT2D eigenvalue weighted by molar-refractivity contribution is -0.0305. The second kappa shape index (κ2) is 4.08. The molecule has 0 aromatic carbocycles. The maximum absolute atomic E-state index is 10.6. The molecule has 3 atom stereocenters. The lowest BCUT2D eigenvalue weighted by atomic mass is 9.72. The molecule has 0 spiro atoms. The van der Waals surface area contributed by atoms with E-state index in [0.717, 1.165) is 34.4 Å². The molecule has 15 heavy (non-hydrogen) atoms. The molecule has 0 radical (unpaired) electrons. The summed E-state index contributed by atoms with van der Waals surface area (Å²) >= 11 is 7.43. The highest BCUT2D eigenvalue weighted by Crippen LogP contribution is 2.45. The molecule has 1 aromatic rings. The van der Waals surface area contributed by atoms with Crippen LogP contribution in [-0.4, -0.2) is 5.11 Å². The van der Waals surface area contributed by atoms with Gasteiger partial charge in [0, 0.05) is 4.88 Å². The van der Waals surface area contributed by atoms with Gasteiger partial charge in [0.1, 0.15) is 0 Å².